The van der Waals surface area contributed by atoms with Crippen LogP contribution < -0.4 is 5.32 Å². The second-order valence-corrected chi connectivity index (χ2v) is 7.39. The number of hydrogen-bond acceptors (Lipinski definition) is 2. The zero-order chi connectivity index (χ0) is 16.8. The quantitative estimate of drug-likeness (QED) is 0.787. The lowest BCUT2D eigenvalue weighted by Gasteiger charge is -2.27. The van der Waals surface area contributed by atoms with Crippen molar-refractivity contribution >= 4 is 27.8 Å². The van der Waals surface area contributed by atoms with Crippen LogP contribution in [0.3, 0.4) is 0 Å². The maximum absolute atomic E-state index is 12.3. The van der Waals surface area contributed by atoms with Crippen molar-refractivity contribution in [3.63, 3.8) is 0 Å². The third-order valence-electron chi connectivity index (χ3n) is 4.56. The van der Waals surface area contributed by atoms with Gasteiger partial charge < -0.3 is 10.4 Å². The zero-order valence-electron chi connectivity index (χ0n) is 13.4. The van der Waals surface area contributed by atoms with E-state index in [9.17, 15) is 9.59 Å². The van der Waals surface area contributed by atoms with Gasteiger partial charge in [0.25, 0.3) is 0 Å². The lowest BCUT2D eigenvalue weighted by Crippen LogP contribution is -2.40. The van der Waals surface area contributed by atoms with Crippen LogP contribution in [0.5, 0.6) is 0 Å². The minimum atomic E-state index is -0.772. The molecule has 4 nitrogen and oxygen atoms in total. The SMILES string of the molecule is CC(CCc1ccc(Br)cc1)NC(=O)C1CCCC(C(=O)O)C1. The van der Waals surface area contributed by atoms with Crippen LogP contribution in [0.2, 0.25) is 0 Å². The summed E-state index contributed by atoms with van der Waals surface area (Å²) in [6.07, 6.45) is 4.58. The molecule has 0 radical (unpaired) electrons. The van der Waals surface area contributed by atoms with E-state index in [0.717, 1.165) is 30.2 Å². The fraction of sp³-hybridized carbons (Fsp3) is 0.556. The highest BCUT2D eigenvalue weighted by Crippen LogP contribution is 2.29. The van der Waals surface area contributed by atoms with Crippen LogP contribution in [-0.4, -0.2) is 23.0 Å². The van der Waals surface area contributed by atoms with Crippen LogP contribution in [0, 0.1) is 11.8 Å². The summed E-state index contributed by atoms with van der Waals surface area (Å²) >= 11 is 3.42. The van der Waals surface area contributed by atoms with Gasteiger partial charge in [0.1, 0.15) is 0 Å². The van der Waals surface area contributed by atoms with Crippen LogP contribution in [0.15, 0.2) is 28.7 Å². The van der Waals surface area contributed by atoms with Gasteiger partial charge in [0.2, 0.25) is 5.91 Å². The molecule has 2 N–H and O–H groups in total. The number of carboxylic acids is 1. The summed E-state index contributed by atoms with van der Waals surface area (Å²) in [4.78, 5) is 23.4. The summed E-state index contributed by atoms with van der Waals surface area (Å²) in [7, 11) is 0. The number of aryl methyl sites for hydroxylation is 1. The molecule has 1 aromatic carbocycles. The van der Waals surface area contributed by atoms with E-state index in [1.54, 1.807) is 0 Å². The maximum Gasteiger partial charge on any atom is 0.306 e. The Morgan fingerprint density at radius 1 is 1.26 bits per heavy atom. The van der Waals surface area contributed by atoms with Gasteiger partial charge in [0, 0.05) is 16.4 Å². The molecule has 0 spiro atoms. The lowest BCUT2D eigenvalue weighted by atomic mass is 9.81. The first kappa shape index (κ1) is 18.0. The summed E-state index contributed by atoms with van der Waals surface area (Å²) in [5.41, 5.74) is 1.25. The minimum absolute atomic E-state index is 0.0132. The molecule has 5 heteroatoms. The Morgan fingerprint density at radius 2 is 1.91 bits per heavy atom. The summed E-state index contributed by atoms with van der Waals surface area (Å²) in [6.45, 7) is 2.01. The molecule has 2 rings (SSSR count). The van der Waals surface area contributed by atoms with Gasteiger partial charge in [0.15, 0.2) is 0 Å². The number of hydrogen-bond donors (Lipinski definition) is 2. The Hall–Kier alpha value is -1.36. The molecule has 1 saturated carbocycles. The largest absolute Gasteiger partial charge is 0.481 e. The average Bonchev–Trinajstić information content (AvgIpc) is 2.54. The number of nitrogens with one attached hydrogen (secondary N) is 1. The Bertz CT molecular complexity index is 544. The number of halogens is 1. The van der Waals surface area contributed by atoms with Crippen molar-refractivity contribution in [3.8, 4) is 0 Å². The van der Waals surface area contributed by atoms with E-state index >= 15 is 0 Å². The molecule has 0 aromatic heterocycles. The fourth-order valence-corrected chi connectivity index (χ4v) is 3.38. The van der Waals surface area contributed by atoms with Crippen molar-refractivity contribution in [1.29, 1.82) is 0 Å². The van der Waals surface area contributed by atoms with Gasteiger partial charge in [-0.3, -0.25) is 9.59 Å². The summed E-state index contributed by atoms with van der Waals surface area (Å²) in [5, 5.41) is 12.2. The molecule has 3 atom stereocenters. The van der Waals surface area contributed by atoms with Gasteiger partial charge in [-0.2, -0.15) is 0 Å². The average molecular weight is 382 g/mol. The van der Waals surface area contributed by atoms with E-state index in [-0.39, 0.29) is 23.8 Å². The van der Waals surface area contributed by atoms with Crippen LogP contribution in [0.4, 0.5) is 0 Å². The van der Waals surface area contributed by atoms with Crippen LogP contribution in [0.1, 0.15) is 44.6 Å². The highest BCUT2D eigenvalue weighted by atomic mass is 79.9. The van der Waals surface area contributed by atoms with Crippen molar-refractivity contribution in [1.82, 2.24) is 5.32 Å². The van der Waals surface area contributed by atoms with Crippen LogP contribution >= 0.6 is 15.9 Å². The molecule has 1 aliphatic carbocycles. The van der Waals surface area contributed by atoms with Crippen molar-refractivity contribution < 1.29 is 14.7 Å². The van der Waals surface area contributed by atoms with Crippen LogP contribution in [0.25, 0.3) is 0 Å². The van der Waals surface area contributed by atoms with Crippen molar-refractivity contribution in [2.24, 2.45) is 11.8 Å². The first-order valence-corrected chi connectivity index (χ1v) is 9.02. The van der Waals surface area contributed by atoms with E-state index in [1.807, 2.05) is 19.1 Å². The summed E-state index contributed by atoms with van der Waals surface area (Å²) in [5.74, 6) is -1.28. The molecule has 3 unspecified atom stereocenters. The molecule has 0 heterocycles. The monoisotopic (exact) mass is 381 g/mol. The summed E-state index contributed by atoms with van der Waals surface area (Å²) < 4.78 is 1.06. The molecule has 1 amide bonds. The maximum atomic E-state index is 12.3. The topological polar surface area (TPSA) is 66.4 Å². The molecule has 0 aliphatic heterocycles. The number of carbonyl (C=O) groups is 2. The van der Waals surface area contributed by atoms with Gasteiger partial charge in [-0.15, -0.1) is 0 Å². The third-order valence-corrected chi connectivity index (χ3v) is 5.09. The molecule has 126 valence electrons. The van der Waals surface area contributed by atoms with E-state index in [0.29, 0.717) is 12.8 Å². The highest BCUT2D eigenvalue weighted by Gasteiger charge is 2.31. The number of rotatable bonds is 6. The first-order valence-electron chi connectivity index (χ1n) is 8.23. The molecule has 1 aromatic rings. The molecule has 1 fully saturated rings. The van der Waals surface area contributed by atoms with Crippen molar-refractivity contribution in [2.45, 2.75) is 51.5 Å². The third kappa shape index (κ3) is 5.65. The molecule has 23 heavy (non-hydrogen) atoms. The predicted molar refractivity (Wildman–Crippen MR) is 93.2 cm³/mol. The van der Waals surface area contributed by atoms with Gasteiger partial charge in [0.05, 0.1) is 5.92 Å². The Kier molecular flexibility index (Phi) is 6.63. The highest BCUT2D eigenvalue weighted by molar-refractivity contribution is 9.10. The first-order chi connectivity index (χ1) is 11.0. The number of carbonyl (C=O) groups excluding carboxylic acids is 1. The van der Waals surface area contributed by atoms with Gasteiger partial charge in [-0.25, -0.2) is 0 Å². The van der Waals surface area contributed by atoms with Crippen molar-refractivity contribution in [3.05, 3.63) is 34.3 Å². The van der Waals surface area contributed by atoms with Crippen LogP contribution in [-0.2, 0) is 16.0 Å². The van der Waals surface area contributed by atoms with E-state index < -0.39 is 5.97 Å². The minimum Gasteiger partial charge on any atom is -0.481 e. The molecule has 0 bridgehead atoms. The molecular weight excluding hydrogens is 358 g/mol. The normalized spacial score (nSPS) is 22.3. The smallest absolute Gasteiger partial charge is 0.306 e. The fourth-order valence-electron chi connectivity index (χ4n) is 3.12. The van der Waals surface area contributed by atoms with Gasteiger partial charge in [-0.05, 0) is 56.7 Å². The van der Waals surface area contributed by atoms with Gasteiger partial charge >= 0.3 is 5.97 Å². The van der Waals surface area contributed by atoms with Crippen molar-refractivity contribution in [2.75, 3.05) is 0 Å². The second-order valence-electron chi connectivity index (χ2n) is 6.47. The Morgan fingerprint density at radius 3 is 2.57 bits per heavy atom. The standard InChI is InChI=1S/C18H24BrNO3/c1-12(5-6-13-7-9-16(19)10-8-13)20-17(21)14-3-2-4-15(11-14)18(22)23/h7-10,12,14-15H,2-6,11H2,1H3,(H,20,21)(H,22,23). The molecule has 0 saturated heterocycles. The molecular formula is C18H24BrNO3. The van der Waals surface area contributed by atoms with E-state index in [4.69, 9.17) is 5.11 Å². The Balaban J connectivity index is 1.77. The number of benzene rings is 1. The zero-order valence-corrected chi connectivity index (χ0v) is 15.0. The summed E-state index contributed by atoms with van der Waals surface area (Å²) in [6, 6.07) is 8.30. The number of aliphatic carboxylic acids is 1. The molecule has 1 aliphatic rings. The Labute approximate surface area is 145 Å². The van der Waals surface area contributed by atoms with E-state index in [1.165, 1.54) is 5.56 Å². The number of amides is 1. The number of carboxylic acid groups (broad SMARTS) is 1. The predicted octanol–water partition coefficient (Wildman–Crippen LogP) is 3.78. The van der Waals surface area contributed by atoms with Gasteiger partial charge in [-0.1, -0.05) is 34.5 Å². The lowest BCUT2D eigenvalue weighted by molar-refractivity contribution is -0.144. The second kappa shape index (κ2) is 8.48. The van der Waals surface area contributed by atoms with E-state index in [2.05, 4.69) is 33.4 Å².